The predicted molar refractivity (Wildman–Crippen MR) is 119 cm³/mol. The molecule has 0 radical (unpaired) electrons. The molecule has 4 N–H and O–H groups in total. The van der Waals surface area contributed by atoms with Crippen molar-refractivity contribution in [1.29, 1.82) is 0 Å². The Balaban J connectivity index is 1.41. The smallest absolute Gasteiger partial charge is 0.321 e. The Morgan fingerprint density at radius 2 is 1.91 bits per heavy atom. The van der Waals surface area contributed by atoms with E-state index in [0.29, 0.717) is 22.1 Å². The van der Waals surface area contributed by atoms with Crippen LogP contribution in [0.15, 0.2) is 53.9 Å². The number of anilines is 1. The summed E-state index contributed by atoms with van der Waals surface area (Å²) in [6.07, 6.45) is -0.722. The van der Waals surface area contributed by atoms with Crippen LogP contribution in [0, 0.1) is 5.82 Å². The van der Waals surface area contributed by atoms with Crippen molar-refractivity contribution in [3.05, 3.63) is 76.5 Å². The molecular weight excluding hydrogens is 435 g/mol. The number of benzene rings is 2. The van der Waals surface area contributed by atoms with E-state index in [1.54, 1.807) is 48.7 Å². The first-order valence-electron chi connectivity index (χ1n) is 9.81. The number of aromatic nitrogens is 1. The van der Waals surface area contributed by atoms with E-state index in [1.807, 2.05) is 0 Å². The summed E-state index contributed by atoms with van der Waals surface area (Å²) in [5, 5.41) is 19.1. The third-order valence-electron chi connectivity index (χ3n) is 4.35. The molecule has 0 spiro atoms. The minimum absolute atomic E-state index is 0.0600. The van der Waals surface area contributed by atoms with Crippen LogP contribution in [-0.2, 0) is 24.5 Å². The summed E-state index contributed by atoms with van der Waals surface area (Å²) in [6, 6.07) is 12.3. The highest BCUT2D eigenvalue weighted by molar-refractivity contribution is 7.13. The average Bonchev–Trinajstić information content (AvgIpc) is 3.23. The molecule has 3 rings (SSSR count). The Labute approximate surface area is 188 Å². The van der Waals surface area contributed by atoms with Gasteiger partial charge in [0.25, 0.3) is 5.91 Å². The van der Waals surface area contributed by atoms with Crippen molar-refractivity contribution in [2.24, 2.45) is 0 Å². The Morgan fingerprint density at radius 1 is 1.12 bits per heavy atom. The van der Waals surface area contributed by atoms with Gasteiger partial charge >= 0.3 is 6.03 Å². The number of carbonyl (C=O) groups is 2. The summed E-state index contributed by atoms with van der Waals surface area (Å²) in [4.78, 5) is 28.5. The molecule has 0 saturated carbocycles. The molecule has 0 aliphatic heterocycles. The SMILES string of the molecule is CC(Oc1ccc(CO)cc1)C(=O)NCc1csc(NC(=O)NCc2cccc(F)c2)n1. The highest BCUT2D eigenvalue weighted by atomic mass is 32.1. The maximum Gasteiger partial charge on any atom is 0.321 e. The number of urea groups is 1. The Bertz CT molecular complexity index is 1060. The monoisotopic (exact) mass is 458 g/mol. The van der Waals surface area contributed by atoms with Gasteiger partial charge in [0.1, 0.15) is 11.6 Å². The molecule has 32 heavy (non-hydrogen) atoms. The van der Waals surface area contributed by atoms with E-state index in [1.165, 1.54) is 23.5 Å². The molecule has 0 saturated heterocycles. The number of thiazole rings is 1. The quantitative estimate of drug-likeness (QED) is 0.393. The minimum atomic E-state index is -0.722. The summed E-state index contributed by atoms with van der Waals surface area (Å²) in [6.45, 7) is 1.93. The molecule has 0 fully saturated rings. The second-order valence-electron chi connectivity index (χ2n) is 6.86. The number of hydrogen-bond donors (Lipinski definition) is 4. The number of amides is 3. The maximum atomic E-state index is 13.2. The molecule has 10 heteroatoms. The lowest BCUT2D eigenvalue weighted by molar-refractivity contribution is -0.127. The molecule has 0 aliphatic rings. The summed E-state index contributed by atoms with van der Waals surface area (Å²) in [7, 11) is 0. The van der Waals surface area contributed by atoms with E-state index in [9.17, 15) is 14.0 Å². The third kappa shape index (κ3) is 7.03. The predicted octanol–water partition coefficient (Wildman–Crippen LogP) is 3.18. The summed E-state index contributed by atoms with van der Waals surface area (Å²) >= 11 is 1.22. The third-order valence-corrected chi connectivity index (χ3v) is 5.15. The van der Waals surface area contributed by atoms with Crippen molar-refractivity contribution in [2.75, 3.05) is 5.32 Å². The molecule has 3 aromatic rings. The van der Waals surface area contributed by atoms with Crippen molar-refractivity contribution in [2.45, 2.75) is 32.7 Å². The van der Waals surface area contributed by atoms with Gasteiger partial charge in [-0.2, -0.15) is 0 Å². The van der Waals surface area contributed by atoms with Gasteiger partial charge in [0.05, 0.1) is 18.8 Å². The molecular formula is C22H23FN4O4S. The fraction of sp³-hybridized carbons (Fsp3) is 0.227. The first-order chi connectivity index (χ1) is 15.4. The van der Waals surface area contributed by atoms with Crippen LogP contribution in [0.1, 0.15) is 23.7 Å². The number of nitrogens with one attached hydrogen (secondary N) is 3. The standard InChI is InChI=1S/C22H23FN4O4S/c1-14(31-19-7-5-15(12-28)6-8-19)20(29)24-11-18-13-32-22(26-18)27-21(30)25-10-16-3-2-4-17(23)9-16/h2-9,13-14,28H,10-12H2,1H3,(H,24,29)(H2,25,26,27,30). The molecule has 8 nitrogen and oxygen atoms in total. The van der Waals surface area contributed by atoms with Crippen LogP contribution in [0.2, 0.25) is 0 Å². The molecule has 3 amide bonds. The van der Waals surface area contributed by atoms with Gasteiger partial charge < -0.3 is 20.5 Å². The van der Waals surface area contributed by atoms with Crippen LogP contribution in [0.25, 0.3) is 0 Å². The molecule has 1 atom stereocenters. The second-order valence-corrected chi connectivity index (χ2v) is 7.72. The van der Waals surface area contributed by atoms with E-state index < -0.39 is 12.1 Å². The zero-order valence-electron chi connectivity index (χ0n) is 17.3. The largest absolute Gasteiger partial charge is 0.481 e. The van der Waals surface area contributed by atoms with Crippen LogP contribution < -0.4 is 20.7 Å². The van der Waals surface area contributed by atoms with Crippen molar-refractivity contribution in [3.8, 4) is 5.75 Å². The lowest BCUT2D eigenvalue weighted by Gasteiger charge is -2.14. The topological polar surface area (TPSA) is 113 Å². The Morgan fingerprint density at radius 3 is 2.62 bits per heavy atom. The molecule has 2 aromatic carbocycles. The molecule has 1 aromatic heterocycles. The number of aliphatic hydroxyl groups is 1. The van der Waals surface area contributed by atoms with Crippen molar-refractivity contribution in [1.82, 2.24) is 15.6 Å². The van der Waals surface area contributed by atoms with Gasteiger partial charge in [-0.3, -0.25) is 10.1 Å². The Hall–Kier alpha value is -3.50. The zero-order chi connectivity index (χ0) is 22.9. The summed E-state index contributed by atoms with van der Waals surface area (Å²) < 4.78 is 18.8. The number of nitrogens with zero attached hydrogens (tertiary/aromatic N) is 1. The number of aliphatic hydroxyl groups excluding tert-OH is 1. The van der Waals surface area contributed by atoms with Gasteiger partial charge in [0.15, 0.2) is 11.2 Å². The first kappa shape index (κ1) is 23.2. The maximum absolute atomic E-state index is 13.2. The summed E-state index contributed by atoms with van der Waals surface area (Å²) in [5.41, 5.74) is 1.98. The Kier molecular flexibility index (Phi) is 8.12. The van der Waals surface area contributed by atoms with Gasteiger partial charge in [-0.25, -0.2) is 14.2 Å². The van der Waals surface area contributed by atoms with E-state index in [4.69, 9.17) is 9.84 Å². The molecule has 0 bridgehead atoms. The van der Waals surface area contributed by atoms with Crippen LogP contribution in [-0.4, -0.2) is 28.1 Å². The van der Waals surface area contributed by atoms with E-state index >= 15 is 0 Å². The molecule has 1 heterocycles. The van der Waals surface area contributed by atoms with Gasteiger partial charge in [-0.05, 0) is 42.3 Å². The highest BCUT2D eigenvalue weighted by Gasteiger charge is 2.15. The number of hydrogen-bond acceptors (Lipinski definition) is 6. The normalized spacial score (nSPS) is 11.5. The van der Waals surface area contributed by atoms with Crippen LogP contribution in [0.4, 0.5) is 14.3 Å². The van der Waals surface area contributed by atoms with Crippen molar-refractivity contribution >= 4 is 28.4 Å². The van der Waals surface area contributed by atoms with Crippen LogP contribution in [0.3, 0.4) is 0 Å². The number of halogens is 1. The van der Waals surface area contributed by atoms with E-state index in [-0.39, 0.29) is 31.4 Å². The lowest BCUT2D eigenvalue weighted by atomic mass is 10.2. The number of rotatable bonds is 9. The molecule has 0 aliphatic carbocycles. The average molecular weight is 459 g/mol. The molecule has 168 valence electrons. The first-order valence-corrected chi connectivity index (χ1v) is 10.7. The fourth-order valence-electron chi connectivity index (χ4n) is 2.67. The van der Waals surface area contributed by atoms with Crippen LogP contribution >= 0.6 is 11.3 Å². The highest BCUT2D eigenvalue weighted by Crippen LogP contribution is 2.16. The number of carbonyl (C=O) groups excluding carboxylic acids is 2. The lowest BCUT2D eigenvalue weighted by Crippen LogP contribution is -2.36. The van der Waals surface area contributed by atoms with Gasteiger partial charge in [-0.15, -0.1) is 11.3 Å². The van der Waals surface area contributed by atoms with E-state index in [2.05, 4.69) is 20.9 Å². The van der Waals surface area contributed by atoms with Gasteiger partial charge in [-0.1, -0.05) is 24.3 Å². The van der Waals surface area contributed by atoms with Crippen molar-refractivity contribution < 1.29 is 23.8 Å². The second kappa shape index (κ2) is 11.2. The van der Waals surface area contributed by atoms with E-state index in [0.717, 1.165) is 5.56 Å². The number of ether oxygens (including phenoxy) is 1. The zero-order valence-corrected chi connectivity index (χ0v) is 18.1. The van der Waals surface area contributed by atoms with Gasteiger partial charge in [0, 0.05) is 11.9 Å². The molecule has 1 unspecified atom stereocenters. The van der Waals surface area contributed by atoms with Crippen molar-refractivity contribution in [3.63, 3.8) is 0 Å². The minimum Gasteiger partial charge on any atom is -0.481 e. The summed E-state index contributed by atoms with van der Waals surface area (Å²) in [5.74, 6) is -0.156. The fourth-order valence-corrected chi connectivity index (χ4v) is 3.37. The van der Waals surface area contributed by atoms with Crippen LogP contribution in [0.5, 0.6) is 5.75 Å². The van der Waals surface area contributed by atoms with Gasteiger partial charge in [0.2, 0.25) is 0 Å².